The van der Waals surface area contributed by atoms with E-state index in [-0.39, 0.29) is 23.7 Å². The van der Waals surface area contributed by atoms with Crippen molar-refractivity contribution in [2.75, 3.05) is 16.3 Å². The molecule has 6 rings (SSSR count). The molecule has 4 aromatic rings. The number of fused-ring (bicyclic) bond motifs is 5. The number of hydrogen-bond acceptors (Lipinski definition) is 5. The summed E-state index contributed by atoms with van der Waals surface area (Å²) in [5.74, 6) is -0.877. The van der Waals surface area contributed by atoms with Crippen LogP contribution in [0.4, 0.5) is 11.5 Å². The first-order valence-electron chi connectivity index (χ1n) is 11.3. The number of aryl methyl sites for hydroxylation is 2. The summed E-state index contributed by atoms with van der Waals surface area (Å²) in [5.41, 5.74) is 1.03. The van der Waals surface area contributed by atoms with Gasteiger partial charge in [-0.3, -0.25) is 19.3 Å². The van der Waals surface area contributed by atoms with E-state index >= 15 is 0 Å². The van der Waals surface area contributed by atoms with Crippen molar-refractivity contribution >= 4 is 34.3 Å². The lowest BCUT2D eigenvalue weighted by Crippen LogP contribution is -2.54. The Labute approximate surface area is 200 Å². The van der Waals surface area contributed by atoms with Crippen LogP contribution in [0.3, 0.4) is 0 Å². The third-order valence-corrected chi connectivity index (χ3v) is 6.72. The van der Waals surface area contributed by atoms with Gasteiger partial charge in [-0.25, -0.2) is 4.98 Å². The summed E-state index contributed by atoms with van der Waals surface area (Å²) in [5, 5.41) is 0.322. The molecular formula is C28H21N3O4. The molecule has 2 aromatic heterocycles. The van der Waals surface area contributed by atoms with Crippen LogP contribution in [0.25, 0.3) is 11.0 Å². The fraction of sp³-hybridized carbons (Fsp3) is 0.143. The molecule has 0 bridgehead atoms. The molecule has 7 heteroatoms. The van der Waals surface area contributed by atoms with Crippen molar-refractivity contribution in [1.82, 2.24) is 4.98 Å². The summed E-state index contributed by atoms with van der Waals surface area (Å²) in [6.45, 7) is 7.76. The van der Waals surface area contributed by atoms with Gasteiger partial charge >= 0.3 is 0 Å². The molecule has 172 valence electrons. The Balaban J connectivity index is 1.79. The van der Waals surface area contributed by atoms with Gasteiger partial charge in [0.2, 0.25) is 5.76 Å². The van der Waals surface area contributed by atoms with Gasteiger partial charge < -0.3 is 9.32 Å². The average Bonchev–Trinajstić information content (AvgIpc) is 3.25. The number of pyridine rings is 1. The van der Waals surface area contributed by atoms with Gasteiger partial charge in [0.25, 0.3) is 11.8 Å². The molecule has 1 unspecified atom stereocenters. The molecule has 35 heavy (non-hydrogen) atoms. The van der Waals surface area contributed by atoms with Crippen LogP contribution in [0, 0.1) is 13.8 Å². The maximum absolute atomic E-state index is 14.4. The molecule has 2 aliphatic rings. The first-order chi connectivity index (χ1) is 16.9. The van der Waals surface area contributed by atoms with Gasteiger partial charge in [0.1, 0.15) is 11.4 Å². The Hall–Kier alpha value is -4.52. The van der Waals surface area contributed by atoms with Gasteiger partial charge in [-0.1, -0.05) is 35.9 Å². The molecular weight excluding hydrogens is 442 g/mol. The number of rotatable bonds is 3. The van der Waals surface area contributed by atoms with Crippen LogP contribution in [0.5, 0.6) is 0 Å². The van der Waals surface area contributed by atoms with E-state index in [1.54, 1.807) is 53.6 Å². The van der Waals surface area contributed by atoms with Gasteiger partial charge in [-0.05, 0) is 49.7 Å². The number of para-hydroxylation sites is 1. The van der Waals surface area contributed by atoms with Crippen molar-refractivity contribution in [3.05, 3.63) is 112 Å². The first kappa shape index (κ1) is 21.0. The minimum absolute atomic E-state index is 0.0212. The summed E-state index contributed by atoms with van der Waals surface area (Å²) in [6.07, 6.45) is 3.20. The molecule has 2 amide bonds. The number of aromatic nitrogens is 1. The van der Waals surface area contributed by atoms with Crippen molar-refractivity contribution in [3.8, 4) is 0 Å². The number of carbonyl (C=O) groups excluding carboxylic acids is 2. The SMILES string of the molecule is C=CCN1C(=O)C2(c3ccccc31)c1c(oc3ccc(C)cc3c1=O)C(=O)N2c1cc(C)ccn1. The zero-order valence-electron chi connectivity index (χ0n) is 19.2. The van der Waals surface area contributed by atoms with Crippen molar-refractivity contribution < 1.29 is 14.0 Å². The largest absolute Gasteiger partial charge is 0.450 e. The second-order valence-electron chi connectivity index (χ2n) is 8.90. The third-order valence-electron chi connectivity index (χ3n) is 6.72. The number of anilines is 2. The Morgan fingerprint density at radius 3 is 2.57 bits per heavy atom. The highest BCUT2D eigenvalue weighted by molar-refractivity contribution is 6.24. The Morgan fingerprint density at radius 1 is 1.03 bits per heavy atom. The fourth-order valence-electron chi connectivity index (χ4n) is 5.28. The molecule has 0 radical (unpaired) electrons. The van der Waals surface area contributed by atoms with Gasteiger partial charge in [0.05, 0.1) is 16.6 Å². The molecule has 7 nitrogen and oxygen atoms in total. The van der Waals surface area contributed by atoms with Crippen molar-refractivity contribution in [3.63, 3.8) is 0 Å². The maximum Gasteiger partial charge on any atom is 0.297 e. The Morgan fingerprint density at radius 2 is 1.80 bits per heavy atom. The average molecular weight is 463 g/mol. The predicted octanol–water partition coefficient (Wildman–Crippen LogP) is 4.24. The minimum atomic E-state index is -1.74. The standard InChI is InChI=1S/C28H21N3O4/c1-4-13-30-20-8-6-5-7-19(20)28(27(30)34)23-24(32)18-14-16(2)9-10-21(18)35-25(23)26(33)31(28)22-15-17(3)11-12-29-22/h4-12,14-15H,1,13H2,2-3H3. The Kier molecular flexibility index (Phi) is 4.35. The molecule has 0 saturated heterocycles. The van der Waals surface area contributed by atoms with E-state index in [0.29, 0.717) is 22.2 Å². The van der Waals surface area contributed by atoms with Gasteiger partial charge in [-0.2, -0.15) is 0 Å². The normalized spacial score (nSPS) is 18.5. The van der Waals surface area contributed by atoms with E-state index in [4.69, 9.17) is 4.42 Å². The summed E-state index contributed by atoms with van der Waals surface area (Å²) in [4.78, 5) is 49.8. The number of carbonyl (C=O) groups is 2. The molecule has 2 aliphatic heterocycles. The Bertz CT molecular complexity index is 1650. The molecule has 0 saturated carbocycles. The van der Waals surface area contributed by atoms with Crippen LogP contribution in [-0.4, -0.2) is 23.3 Å². The van der Waals surface area contributed by atoms with Crippen molar-refractivity contribution in [1.29, 1.82) is 0 Å². The molecule has 0 N–H and O–H groups in total. The molecule has 0 aliphatic carbocycles. The van der Waals surface area contributed by atoms with Gasteiger partial charge in [0, 0.05) is 18.3 Å². The summed E-state index contributed by atoms with van der Waals surface area (Å²) in [6, 6.07) is 15.9. The molecule has 1 atom stereocenters. The second kappa shape index (κ2) is 7.24. The zero-order chi connectivity index (χ0) is 24.5. The lowest BCUT2D eigenvalue weighted by atomic mass is 9.84. The summed E-state index contributed by atoms with van der Waals surface area (Å²) < 4.78 is 6.07. The highest BCUT2D eigenvalue weighted by Crippen LogP contribution is 2.53. The van der Waals surface area contributed by atoms with Crippen LogP contribution < -0.4 is 15.2 Å². The van der Waals surface area contributed by atoms with Gasteiger partial charge in [0.15, 0.2) is 11.0 Å². The van der Waals surface area contributed by atoms with Crippen molar-refractivity contribution in [2.45, 2.75) is 19.4 Å². The highest BCUT2D eigenvalue weighted by Gasteiger charge is 2.65. The number of hydrogen-bond donors (Lipinski definition) is 0. The second-order valence-corrected chi connectivity index (χ2v) is 8.90. The van der Waals surface area contributed by atoms with Crippen LogP contribution in [-0.2, 0) is 10.3 Å². The molecule has 1 spiro atoms. The van der Waals surface area contributed by atoms with E-state index in [2.05, 4.69) is 11.6 Å². The number of benzene rings is 2. The monoisotopic (exact) mass is 463 g/mol. The molecule has 4 heterocycles. The quantitative estimate of drug-likeness (QED) is 0.425. The third kappa shape index (κ3) is 2.60. The van der Waals surface area contributed by atoms with Crippen LogP contribution in [0.15, 0.2) is 82.7 Å². The highest BCUT2D eigenvalue weighted by atomic mass is 16.3. The fourth-order valence-corrected chi connectivity index (χ4v) is 5.28. The topological polar surface area (TPSA) is 83.7 Å². The van der Waals surface area contributed by atoms with Gasteiger partial charge in [-0.15, -0.1) is 6.58 Å². The van der Waals surface area contributed by atoms with E-state index in [1.165, 1.54) is 4.90 Å². The minimum Gasteiger partial charge on any atom is -0.450 e. The maximum atomic E-state index is 14.4. The lowest BCUT2D eigenvalue weighted by Gasteiger charge is -2.33. The van der Waals surface area contributed by atoms with Crippen LogP contribution >= 0.6 is 0 Å². The smallest absolute Gasteiger partial charge is 0.297 e. The first-order valence-corrected chi connectivity index (χ1v) is 11.3. The van der Waals surface area contributed by atoms with E-state index in [9.17, 15) is 14.4 Å². The predicted molar refractivity (Wildman–Crippen MR) is 133 cm³/mol. The summed E-state index contributed by atoms with van der Waals surface area (Å²) in [7, 11) is 0. The number of nitrogens with zero attached hydrogens (tertiary/aromatic N) is 3. The molecule has 2 aromatic carbocycles. The molecule has 0 fully saturated rings. The lowest BCUT2D eigenvalue weighted by molar-refractivity contribution is -0.121. The van der Waals surface area contributed by atoms with E-state index < -0.39 is 22.8 Å². The zero-order valence-corrected chi connectivity index (χ0v) is 19.2. The van der Waals surface area contributed by atoms with E-state index in [1.807, 2.05) is 32.0 Å². The van der Waals surface area contributed by atoms with Crippen molar-refractivity contribution in [2.24, 2.45) is 0 Å². The number of amides is 2. The van der Waals surface area contributed by atoms with E-state index in [0.717, 1.165) is 11.1 Å². The van der Waals surface area contributed by atoms with Crippen LogP contribution in [0.1, 0.15) is 32.8 Å². The summed E-state index contributed by atoms with van der Waals surface area (Å²) >= 11 is 0. The van der Waals surface area contributed by atoms with Crippen LogP contribution in [0.2, 0.25) is 0 Å².